The van der Waals surface area contributed by atoms with Crippen molar-refractivity contribution in [3.8, 4) is 0 Å². The molecule has 0 atom stereocenters. The smallest absolute Gasteiger partial charge is 0.328 e. The Kier molecular flexibility index (Phi) is 5.29. The number of thiophene rings is 1. The van der Waals surface area contributed by atoms with Crippen LogP contribution in [0.15, 0.2) is 47.9 Å². The van der Waals surface area contributed by atoms with Gasteiger partial charge >= 0.3 is 5.97 Å². The van der Waals surface area contributed by atoms with Gasteiger partial charge in [0.05, 0.1) is 5.56 Å². The summed E-state index contributed by atoms with van der Waals surface area (Å²) in [5.41, 5.74) is 1.73. The Morgan fingerprint density at radius 3 is 2.71 bits per heavy atom. The van der Waals surface area contributed by atoms with E-state index in [-0.39, 0.29) is 5.91 Å². The SMILES string of the molecule is O=C(O)C=Cc1cc(C(=O)NCCc2ccccc2)cs1. The van der Waals surface area contributed by atoms with Crippen LogP contribution in [0, 0.1) is 0 Å². The zero-order valence-electron chi connectivity index (χ0n) is 11.3. The van der Waals surface area contributed by atoms with Crippen LogP contribution in [0.5, 0.6) is 0 Å². The number of carboxylic acids is 1. The highest BCUT2D eigenvalue weighted by Crippen LogP contribution is 2.16. The van der Waals surface area contributed by atoms with Crippen molar-refractivity contribution in [3.05, 3.63) is 63.9 Å². The van der Waals surface area contributed by atoms with Gasteiger partial charge in [0.1, 0.15) is 0 Å². The fraction of sp³-hybridized carbons (Fsp3) is 0.125. The average molecular weight is 301 g/mol. The van der Waals surface area contributed by atoms with Crippen molar-refractivity contribution < 1.29 is 14.7 Å². The molecule has 0 radical (unpaired) electrons. The molecule has 0 aliphatic carbocycles. The van der Waals surface area contributed by atoms with Gasteiger partial charge in [-0.15, -0.1) is 11.3 Å². The largest absolute Gasteiger partial charge is 0.478 e. The summed E-state index contributed by atoms with van der Waals surface area (Å²) < 4.78 is 0. The minimum atomic E-state index is -1.00. The summed E-state index contributed by atoms with van der Waals surface area (Å²) in [4.78, 5) is 23.1. The molecule has 1 heterocycles. The predicted molar refractivity (Wildman–Crippen MR) is 83.5 cm³/mol. The first kappa shape index (κ1) is 15.0. The summed E-state index contributed by atoms with van der Waals surface area (Å²) in [6, 6.07) is 11.6. The highest BCUT2D eigenvalue weighted by Gasteiger charge is 2.07. The number of hydrogen-bond acceptors (Lipinski definition) is 3. The zero-order valence-corrected chi connectivity index (χ0v) is 12.1. The summed E-state index contributed by atoms with van der Waals surface area (Å²) in [6.45, 7) is 0.568. The molecule has 2 rings (SSSR count). The van der Waals surface area contributed by atoms with Crippen molar-refractivity contribution in [2.45, 2.75) is 6.42 Å². The van der Waals surface area contributed by atoms with Crippen LogP contribution < -0.4 is 5.32 Å². The van der Waals surface area contributed by atoms with Gasteiger partial charge in [-0.25, -0.2) is 4.79 Å². The predicted octanol–water partition coefficient (Wildman–Crippen LogP) is 2.82. The molecule has 1 aromatic carbocycles. The lowest BCUT2D eigenvalue weighted by Gasteiger charge is -2.03. The van der Waals surface area contributed by atoms with Crippen LogP contribution in [0.1, 0.15) is 20.8 Å². The molecule has 2 N–H and O–H groups in total. The van der Waals surface area contributed by atoms with Crippen LogP contribution in [-0.2, 0) is 11.2 Å². The van der Waals surface area contributed by atoms with Crippen molar-refractivity contribution in [2.75, 3.05) is 6.54 Å². The maximum Gasteiger partial charge on any atom is 0.328 e. The van der Waals surface area contributed by atoms with E-state index in [4.69, 9.17) is 5.11 Å². The van der Waals surface area contributed by atoms with Gasteiger partial charge in [-0.3, -0.25) is 4.79 Å². The number of amides is 1. The molecule has 5 heteroatoms. The third-order valence-corrected chi connectivity index (χ3v) is 3.71. The molecule has 0 fully saturated rings. The van der Waals surface area contributed by atoms with Crippen LogP contribution in [0.4, 0.5) is 0 Å². The molecular weight excluding hydrogens is 286 g/mol. The number of nitrogens with one attached hydrogen (secondary N) is 1. The van der Waals surface area contributed by atoms with Gasteiger partial charge in [0, 0.05) is 22.9 Å². The summed E-state index contributed by atoms with van der Waals surface area (Å²) in [6.07, 6.45) is 3.32. The van der Waals surface area contributed by atoms with E-state index in [2.05, 4.69) is 5.32 Å². The lowest BCUT2D eigenvalue weighted by atomic mass is 10.1. The van der Waals surface area contributed by atoms with E-state index in [1.54, 1.807) is 11.4 Å². The number of carboxylic acid groups (broad SMARTS) is 1. The number of rotatable bonds is 6. The van der Waals surface area contributed by atoms with Crippen LogP contribution in [0.2, 0.25) is 0 Å². The Balaban J connectivity index is 1.85. The molecule has 4 nitrogen and oxygen atoms in total. The van der Waals surface area contributed by atoms with Crippen LogP contribution in [0.25, 0.3) is 6.08 Å². The number of carbonyl (C=O) groups excluding carboxylic acids is 1. The number of hydrogen-bond donors (Lipinski definition) is 2. The molecule has 0 saturated heterocycles. The summed E-state index contributed by atoms with van der Waals surface area (Å²) >= 11 is 1.34. The zero-order chi connectivity index (χ0) is 15.1. The quantitative estimate of drug-likeness (QED) is 0.806. The maximum absolute atomic E-state index is 11.9. The molecule has 0 saturated carbocycles. The Bertz CT molecular complexity index is 647. The molecule has 108 valence electrons. The molecule has 21 heavy (non-hydrogen) atoms. The summed E-state index contributed by atoms with van der Waals surface area (Å²) in [5, 5.41) is 13.1. The van der Waals surface area contributed by atoms with Crippen molar-refractivity contribution in [2.24, 2.45) is 0 Å². The second kappa shape index (κ2) is 7.40. The lowest BCUT2D eigenvalue weighted by molar-refractivity contribution is -0.131. The highest BCUT2D eigenvalue weighted by atomic mass is 32.1. The second-order valence-electron chi connectivity index (χ2n) is 4.40. The number of carbonyl (C=O) groups is 2. The van der Waals surface area contributed by atoms with Crippen LogP contribution >= 0.6 is 11.3 Å². The molecule has 1 amide bonds. The molecule has 0 unspecified atom stereocenters. The van der Waals surface area contributed by atoms with E-state index in [1.807, 2.05) is 30.3 Å². The Labute approximate surface area is 126 Å². The first-order valence-electron chi connectivity index (χ1n) is 6.47. The molecular formula is C16H15NO3S. The van der Waals surface area contributed by atoms with Gasteiger partial charge in [0.25, 0.3) is 5.91 Å². The van der Waals surface area contributed by atoms with Gasteiger partial charge in [-0.2, -0.15) is 0 Å². The van der Waals surface area contributed by atoms with Gasteiger partial charge < -0.3 is 10.4 Å². The molecule has 1 aromatic heterocycles. The third kappa shape index (κ3) is 4.89. The Morgan fingerprint density at radius 2 is 2.00 bits per heavy atom. The first-order valence-corrected chi connectivity index (χ1v) is 7.35. The van der Waals surface area contributed by atoms with Crippen LogP contribution in [-0.4, -0.2) is 23.5 Å². The van der Waals surface area contributed by atoms with Gasteiger partial charge in [-0.1, -0.05) is 30.3 Å². The molecule has 0 aliphatic heterocycles. The van der Waals surface area contributed by atoms with E-state index in [1.165, 1.54) is 23.0 Å². The number of aliphatic carboxylic acids is 1. The highest BCUT2D eigenvalue weighted by molar-refractivity contribution is 7.11. The van der Waals surface area contributed by atoms with Crippen molar-refractivity contribution in [1.29, 1.82) is 0 Å². The second-order valence-corrected chi connectivity index (χ2v) is 5.34. The van der Waals surface area contributed by atoms with Gasteiger partial charge in [0.15, 0.2) is 0 Å². The van der Waals surface area contributed by atoms with Crippen molar-refractivity contribution in [3.63, 3.8) is 0 Å². The van der Waals surface area contributed by atoms with E-state index >= 15 is 0 Å². The normalized spacial score (nSPS) is 10.7. The maximum atomic E-state index is 11.9. The molecule has 0 bridgehead atoms. The standard InChI is InChI=1S/C16H15NO3S/c18-15(19)7-6-14-10-13(11-21-14)16(20)17-9-8-12-4-2-1-3-5-12/h1-7,10-11H,8-9H2,(H,17,20)(H,18,19). The van der Waals surface area contributed by atoms with Gasteiger partial charge in [-0.05, 0) is 24.1 Å². The molecule has 0 spiro atoms. The van der Waals surface area contributed by atoms with Crippen molar-refractivity contribution >= 4 is 29.3 Å². The fourth-order valence-electron chi connectivity index (χ4n) is 1.78. The van der Waals surface area contributed by atoms with Gasteiger partial charge in [0.2, 0.25) is 0 Å². The average Bonchev–Trinajstić information content (AvgIpc) is 2.95. The monoisotopic (exact) mass is 301 g/mol. The Morgan fingerprint density at radius 1 is 1.24 bits per heavy atom. The fourth-order valence-corrected chi connectivity index (χ4v) is 2.56. The van der Waals surface area contributed by atoms with E-state index < -0.39 is 5.97 Å². The summed E-state index contributed by atoms with van der Waals surface area (Å²) in [7, 11) is 0. The van der Waals surface area contributed by atoms with E-state index in [0.717, 1.165) is 17.4 Å². The molecule has 0 aliphatic rings. The van der Waals surface area contributed by atoms with Crippen molar-refractivity contribution in [1.82, 2.24) is 5.32 Å². The van der Waals surface area contributed by atoms with E-state index in [9.17, 15) is 9.59 Å². The van der Waals surface area contributed by atoms with E-state index in [0.29, 0.717) is 12.1 Å². The molecule has 2 aromatic rings. The first-order chi connectivity index (χ1) is 10.1. The summed E-state index contributed by atoms with van der Waals surface area (Å²) in [5.74, 6) is -1.14. The lowest BCUT2D eigenvalue weighted by Crippen LogP contribution is -2.25. The Hall–Kier alpha value is -2.40. The minimum Gasteiger partial charge on any atom is -0.478 e. The number of benzene rings is 1. The third-order valence-electron chi connectivity index (χ3n) is 2.81. The topological polar surface area (TPSA) is 66.4 Å². The van der Waals surface area contributed by atoms with Crippen LogP contribution in [0.3, 0.4) is 0 Å². The minimum absolute atomic E-state index is 0.142.